The van der Waals surface area contributed by atoms with Crippen LogP contribution in [0.1, 0.15) is 78.6 Å². The van der Waals surface area contributed by atoms with Gasteiger partial charge in [-0.2, -0.15) is 11.8 Å². The van der Waals surface area contributed by atoms with Crippen molar-refractivity contribution < 1.29 is 29.4 Å². The Labute approximate surface area is 247 Å². The fourth-order valence-corrected chi connectivity index (χ4v) is 8.68. The van der Waals surface area contributed by atoms with E-state index in [9.17, 15) is 24.6 Å². The molecule has 0 aromatic carbocycles. The Hall–Kier alpha value is -2.51. The van der Waals surface area contributed by atoms with Crippen molar-refractivity contribution >= 4 is 35.3 Å². The van der Waals surface area contributed by atoms with Crippen LogP contribution in [0.5, 0.6) is 0 Å². The van der Waals surface area contributed by atoms with E-state index in [-0.39, 0.29) is 17.4 Å². The number of hydrogen-bond acceptors (Lipinski definition) is 7. The topological polar surface area (TPSA) is 137 Å². The van der Waals surface area contributed by atoms with E-state index in [0.29, 0.717) is 36.3 Å². The lowest BCUT2D eigenvalue weighted by atomic mass is 9.46. The first-order valence-corrected chi connectivity index (χ1v) is 16.2. The molecule has 10 heteroatoms. The number of amides is 2. The molecule has 0 unspecified atom stereocenters. The molecule has 0 aromatic heterocycles. The molecule has 4 rings (SSSR count). The van der Waals surface area contributed by atoms with Crippen molar-refractivity contribution in [2.75, 3.05) is 18.6 Å². The number of nitrogens with zero attached hydrogens (tertiary/aromatic N) is 1. The number of aliphatic carboxylic acids is 1. The van der Waals surface area contributed by atoms with Crippen LogP contribution in [0.15, 0.2) is 16.8 Å². The number of oxime groups is 1. The van der Waals surface area contributed by atoms with Crippen LogP contribution in [0, 0.1) is 40.9 Å². The summed E-state index contributed by atoms with van der Waals surface area (Å²) in [7, 11) is 0. The number of rotatable bonds is 10. The first-order valence-electron chi connectivity index (χ1n) is 14.8. The monoisotopic (exact) mass is 587 g/mol. The van der Waals surface area contributed by atoms with E-state index in [4.69, 9.17) is 11.3 Å². The zero-order valence-corrected chi connectivity index (χ0v) is 25.5. The lowest BCUT2D eigenvalue weighted by Crippen LogP contribution is -2.54. The van der Waals surface area contributed by atoms with Crippen molar-refractivity contribution in [2.24, 2.45) is 33.7 Å². The van der Waals surface area contributed by atoms with Gasteiger partial charge in [-0.25, -0.2) is 4.79 Å². The second-order valence-corrected chi connectivity index (χ2v) is 13.8. The van der Waals surface area contributed by atoms with E-state index < -0.39 is 35.5 Å². The van der Waals surface area contributed by atoms with Gasteiger partial charge in [-0.05, 0) is 106 Å². The molecular weight excluding hydrogens is 542 g/mol. The molecule has 0 aromatic rings. The van der Waals surface area contributed by atoms with Crippen molar-refractivity contribution in [3.8, 4) is 12.3 Å². The number of carboxylic acids is 1. The summed E-state index contributed by atoms with van der Waals surface area (Å²) in [5, 5.41) is 29.8. The number of hydrogen-bond donors (Lipinski definition) is 4. The number of thioether (sulfide) groups is 1. The molecule has 0 radical (unpaired) electrons. The van der Waals surface area contributed by atoms with Gasteiger partial charge in [0, 0.05) is 5.41 Å². The van der Waals surface area contributed by atoms with Gasteiger partial charge in [-0.1, -0.05) is 30.5 Å². The van der Waals surface area contributed by atoms with Crippen molar-refractivity contribution in [1.82, 2.24) is 10.6 Å². The van der Waals surface area contributed by atoms with Gasteiger partial charge in [0.2, 0.25) is 5.91 Å². The van der Waals surface area contributed by atoms with Crippen LogP contribution in [0.4, 0.5) is 0 Å². The minimum atomic E-state index is -1.10. The van der Waals surface area contributed by atoms with Crippen LogP contribution in [-0.4, -0.2) is 70.0 Å². The highest BCUT2D eigenvalue weighted by molar-refractivity contribution is 7.98. The molecule has 2 amide bonds. The molecule has 0 saturated heterocycles. The quantitative estimate of drug-likeness (QED) is 0.227. The summed E-state index contributed by atoms with van der Waals surface area (Å²) in [6, 6.07) is -1.91. The fraction of sp³-hybridized carbons (Fsp3) is 0.742. The number of carboxylic acid groups (broad SMARTS) is 1. The summed E-state index contributed by atoms with van der Waals surface area (Å²) in [5.74, 6) is 2.75. The molecule has 226 valence electrons. The number of aliphatic hydroxyl groups is 1. The summed E-state index contributed by atoms with van der Waals surface area (Å²) >= 11 is 1.50. The average molecular weight is 588 g/mol. The first kappa shape index (κ1) is 31.4. The van der Waals surface area contributed by atoms with Crippen LogP contribution in [0.2, 0.25) is 0 Å². The normalized spacial score (nSPS) is 36.4. The lowest BCUT2D eigenvalue weighted by Gasteiger charge is -2.58. The molecule has 9 nitrogen and oxygen atoms in total. The molecule has 41 heavy (non-hydrogen) atoms. The van der Waals surface area contributed by atoms with E-state index >= 15 is 0 Å². The lowest BCUT2D eigenvalue weighted by molar-refractivity contribution is -0.142. The minimum Gasteiger partial charge on any atom is -0.480 e. The third-order valence-corrected chi connectivity index (χ3v) is 11.4. The largest absolute Gasteiger partial charge is 0.480 e. The Kier molecular flexibility index (Phi) is 9.49. The van der Waals surface area contributed by atoms with E-state index in [0.717, 1.165) is 50.7 Å². The second kappa shape index (κ2) is 12.4. The molecular formula is C31H45N3O6S. The Morgan fingerprint density at radius 2 is 1.90 bits per heavy atom. The van der Waals surface area contributed by atoms with Crippen LogP contribution in [0.3, 0.4) is 0 Å². The number of allylic oxidation sites excluding steroid dienone is 2. The molecule has 8 atom stereocenters. The van der Waals surface area contributed by atoms with Crippen LogP contribution in [0.25, 0.3) is 0 Å². The van der Waals surface area contributed by atoms with Gasteiger partial charge >= 0.3 is 5.97 Å². The van der Waals surface area contributed by atoms with E-state index in [1.807, 2.05) is 6.26 Å². The maximum absolute atomic E-state index is 12.4. The Morgan fingerprint density at radius 3 is 2.59 bits per heavy atom. The Bertz CT molecular complexity index is 1150. The second-order valence-electron chi connectivity index (χ2n) is 12.8. The molecule has 4 aliphatic carbocycles. The van der Waals surface area contributed by atoms with Gasteiger partial charge < -0.3 is 25.7 Å². The number of nitrogens with one attached hydrogen (secondary N) is 2. The number of terminal acetylenes is 1. The number of carbonyl (C=O) groups is 3. The first-order chi connectivity index (χ1) is 19.4. The fourth-order valence-electron chi connectivity index (χ4n) is 8.21. The highest BCUT2D eigenvalue weighted by Gasteiger charge is 2.63. The Morgan fingerprint density at radius 1 is 1.17 bits per heavy atom. The van der Waals surface area contributed by atoms with Crippen molar-refractivity contribution in [3.05, 3.63) is 11.6 Å². The van der Waals surface area contributed by atoms with Crippen molar-refractivity contribution in [1.29, 1.82) is 0 Å². The minimum absolute atomic E-state index is 0.0872. The van der Waals surface area contributed by atoms with Crippen LogP contribution in [-0.2, 0) is 19.2 Å². The maximum Gasteiger partial charge on any atom is 0.326 e. The van der Waals surface area contributed by atoms with E-state index in [1.54, 1.807) is 0 Å². The molecule has 3 saturated carbocycles. The molecule has 4 aliphatic rings. The zero-order valence-electron chi connectivity index (χ0n) is 24.7. The van der Waals surface area contributed by atoms with Crippen LogP contribution >= 0.6 is 11.8 Å². The smallest absolute Gasteiger partial charge is 0.326 e. The van der Waals surface area contributed by atoms with Gasteiger partial charge in [0.25, 0.3) is 5.91 Å². The van der Waals surface area contributed by atoms with Crippen LogP contribution < -0.4 is 10.6 Å². The number of carbonyl (C=O) groups excluding carboxylic acids is 2. The van der Waals surface area contributed by atoms with Gasteiger partial charge in [-0.3, -0.25) is 9.59 Å². The SMILES string of the molecule is C#C[C@]1(O)CC[C@@H]2[C@@H]3CCC4=C/C(=N/OCC(=O)N[C@H](C)C(=O)N[C@@H](CCSC)C(=O)O)CC[C@]4(C)[C@@H]3CC[C@@]21C. The maximum atomic E-state index is 12.4. The van der Waals surface area contributed by atoms with Gasteiger partial charge in [0.05, 0.1) is 5.71 Å². The summed E-state index contributed by atoms with van der Waals surface area (Å²) in [5.41, 5.74) is 1.09. The molecule has 4 N–H and O–H groups in total. The molecule has 0 bridgehead atoms. The van der Waals surface area contributed by atoms with Crippen molar-refractivity contribution in [2.45, 2.75) is 96.2 Å². The summed E-state index contributed by atoms with van der Waals surface area (Å²) < 4.78 is 0. The molecule has 3 fully saturated rings. The molecule has 0 aliphatic heterocycles. The summed E-state index contributed by atoms with van der Waals surface area (Å²) in [6.45, 7) is 5.76. The third kappa shape index (κ3) is 6.03. The summed E-state index contributed by atoms with van der Waals surface area (Å²) in [6.07, 6.45) is 17.6. The number of fused-ring (bicyclic) bond motifs is 5. The van der Waals surface area contributed by atoms with Gasteiger partial charge in [-0.15, -0.1) is 6.42 Å². The predicted octanol–water partition coefficient (Wildman–Crippen LogP) is 3.51. The van der Waals surface area contributed by atoms with Gasteiger partial charge in [0.1, 0.15) is 17.7 Å². The Balaban J connectivity index is 1.31. The van der Waals surface area contributed by atoms with E-state index in [1.165, 1.54) is 24.3 Å². The predicted molar refractivity (Wildman–Crippen MR) is 159 cm³/mol. The highest BCUT2D eigenvalue weighted by atomic mass is 32.2. The average Bonchev–Trinajstić information content (AvgIpc) is 3.21. The third-order valence-electron chi connectivity index (χ3n) is 10.7. The van der Waals surface area contributed by atoms with Crippen molar-refractivity contribution in [3.63, 3.8) is 0 Å². The summed E-state index contributed by atoms with van der Waals surface area (Å²) in [4.78, 5) is 41.5. The van der Waals surface area contributed by atoms with E-state index in [2.05, 4.69) is 41.6 Å². The molecule has 0 spiro atoms. The standard InChI is InChI=1S/C31H45N3O6S/c1-6-31(39)15-11-24-22-8-7-20-17-21(9-13-29(20,3)23(22)10-14-30(24,31)4)34-40-18-26(35)32-19(2)27(36)33-25(28(37)38)12-16-41-5/h1,17,19,22-25,39H,7-16,18H2,2-5H3,(H,32,35)(H,33,36)(H,37,38)/b34-21+/t19-,22-,23-,24-,25+,29+,30+,31+/m1/s1. The van der Waals surface area contributed by atoms with Gasteiger partial charge in [0.15, 0.2) is 6.61 Å². The highest BCUT2D eigenvalue weighted by Crippen LogP contribution is 2.67. The zero-order chi connectivity index (χ0) is 30.0. The molecule has 0 heterocycles.